The fourth-order valence-electron chi connectivity index (χ4n) is 3.19. The molecule has 0 aliphatic carbocycles. The molecular formula is C20H19Br3N4O4. The summed E-state index contributed by atoms with van der Waals surface area (Å²) in [5.41, 5.74) is 3.82. The molecule has 1 saturated heterocycles. The molecule has 1 fully saturated rings. The maximum atomic E-state index is 12.1. The van der Waals surface area contributed by atoms with Crippen molar-refractivity contribution >= 4 is 71.3 Å². The van der Waals surface area contributed by atoms with E-state index in [4.69, 9.17) is 4.74 Å². The number of ether oxygens (including phenoxy) is 1. The molecule has 1 amide bonds. The molecule has 31 heavy (non-hydrogen) atoms. The van der Waals surface area contributed by atoms with Gasteiger partial charge in [0.25, 0.3) is 11.6 Å². The van der Waals surface area contributed by atoms with Crippen LogP contribution < -0.4 is 15.1 Å². The third-order valence-electron chi connectivity index (χ3n) is 4.62. The maximum absolute atomic E-state index is 12.1. The van der Waals surface area contributed by atoms with Crippen LogP contribution in [0.25, 0.3) is 0 Å². The third kappa shape index (κ3) is 6.50. The highest BCUT2D eigenvalue weighted by atomic mass is 79.9. The Balaban J connectivity index is 1.67. The van der Waals surface area contributed by atoms with E-state index in [9.17, 15) is 14.9 Å². The van der Waals surface area contributed by atoms with E-state index in [0.717, 1.165) is 36.1 Å². The van der Waals surface area contributed by atoms with Gasteiger partial charge in [-0.1, -0.05) is 15.9 Å². The highest BCUT2D eigenvalue weighted by Crippen LogP contribution is 2.36. The number of non-ortho nitro benzene ring substituents is 1. The van der Waals surface area contributed by atoms with Crippen molar-refractivity contribution in [3.8, 4) is 5.75 Å². The Morgan fingerprint density at radius 2 is 1.84 bits per heavy atom. The van der Waals surface area contributed by atoms with Crippen molar-refractivity contribution in [1.82, 2.24) is 5.43 Å². The van der Waals surface area contributed by atoms with E-state index in [1.54, 1.807) is 18.2 Å². The van der Waals surface area contributed by atoms with Crippen molar-refractivity contribution in [3.63, 3.8) is 0 Å². The number of carbonyl (C=O) groups excluding carboxylic acids is 1. The fourth-order valence-corrected chi connectivity index (χ4v) is 5.68. The van der Waals surface area contributed by atoms with Crippen LogP contribution in [0.5, 0.6) is 5.75 Å². The van der Waals surface area contributed by atoms with Crippen molar-refractivity contribution in [2.24, 2.45) is 5.10 Å². The van der Waals surface area contributed by atoms with Crippen LogP contribution in [-0.4, -0.2) is 36.7 Å². The van der Waals surface area contributed by atoms with Crippen LogP contribution in [0.4, 0.5) is 11.4 Å². The molecule has 1 heterocycles. The summed E-state index contributed by atoms with van der Waals surface area (Å²) in [6.07, 6.45) is 4.75. The number of nitrogens with one attached hydrogen (secondary N) is 1. The number of hydrogen-bond acceptors (Lipinski definition) is 6. The number of nitrogens with zero attached hydrogens (tertiary/aromatic N) is 3. The molecule has 0 unspecified atom stereocenters. The van der Waals surface area contributed by atoms with Crippen molar-refractivity contribution in [3.05, 3.63) is 59.4 Å². The second kappa shape index (κ2) is 11.1. The van der Waals surface area contributed by atoms with Gasteiger partial charge in [-0.15, -0.1) is 0 Å². The van der Waals surface area contributed by atoms with Crippen LogP contribution in [0.2, 0.25) is 0 Å². The lowest BCUT2D eigenvalue weighted by atomic mass is 10.1. The minimum Gasteiger partial charge on any atom is -0.481 e. The molecule has 0 bridgehead atoms. The molecule has 0 radical (unpaired) electrons. The maximum Gasteiger partial charge on any atom is 0.277 e. The summed E-state index contributed by atoms with van der Waals surface area (Å²) in [4.78, 5) is 25.1. The summed E-state index contributed by atoms with van der Waals surface area (Å²) in [6, 6.07) is 8.30. The standard InChI is InChI=1S/C20H19Br3N4O4/c21-14-9-16(22)20(17(23)10-14)31-12-19(28)25-24-11-13-8-15(27(29)30)4-5-18(13)26-6-2-1-3-7-26/h4-5,8-11H,1-3,6-7,12H2,(H,25,28)/b24-11-. The number of hydrogen-bond donors (Lipinski definition) is 1. The van der Waals surface area contributed by atoms with Crippen LogP contribution in [0.3, 0.4) is 0 Å². The number of hydrazone groups is 1. The Morgan fingerprint density at radius 1 is 1.16 bits per heavy atom. The first-order chi connectivity index (χ1) is 14.8. The van der Waals surface area contributed by atoms with Gasteiger partial charge in [-0.05, 0) is 69.3 Å². The number of anilines is 1. The van der Waals surface area contributed by atoms with E-state index in [1.165, 1.54) is 24.8 Å². The molecule has 2 aromatic rings. The number of nitro groups is 1. The lowest BCUT2D eigenvalue weighted by Gasteiger charge is -2.29. The monoisotopic (exact) mass is 616 g/mol. The Bertz CT molecular complexity index is 987. The van der Waals surface area contributed by atoms with Crippen LogP contribution in [0, 0.1) is 10.1 Å². The van der Waals surface area contributed by atoms with Gasteiger partial charge in [0.15, 0.2) is 6.61 Å². The molecule has 1 aliphatic rings. The molecular weight excluding hydrogens is 600 g/mol. The number of piperidine rings is 1. The molecule has 0 atom stereocenters. The van der Waals surface area contributed by atoms with Crippen molar-refractivity contribution in [1.29, 1.82) is 0 Å². The Labute approximate surface area is 204 Å². The van der Waals surface area contributed by atoms with Gasteiger partial charge in [-0.2, -0.15) is 5.10 Å². The van der Waals surface area contributed by atoms with E-state index < -0.39 is 10.8 Å². The van der Waals surface area contributed by atoms with Gasteiger partial charge in [0.05, 0.1) is 20.1 Å². The predicted octanol–water partition coefficient (Wildman–Crippen LogP) is 5.40. The second-order valence-corrected chi connectivity index (χ2v) is 9.45. The van der Waals surface area contributed by atoms with Crippen molar-refractivity contribution in [2.75, 3.05) is 24.6 Å². The van der Waals surface area contributed by atoms with Crippen LogP contribution >= 0.6 is 47.8 Å². The number of amides is 1. The summed E-state index contributed by atoms with van der Waals surface area (Å²) in [5, 5.41) is 15.2. The van der Waals surface area contributed by atoms with Gasteiger partial charge in [0, 0.05) is 40.9 Å². The zero-order valence-corrected chi connectivity index (χ0v) is 21.1. The summed E-state index contributed by atoms with van der Waals surface area (Å²) >= 11 is 10.2. The molecule has 1 aliphatic heterocycles. The van der Waals surface area contributed by atoms with Gasteiger partial charge in [0.1, 0.15) is 5.75 Å². The number of benzene rings is 2. The van der Waals surface area contributed by atoms with Crippen molar-refractivity contribution < 1.29 is 14.5 Å². The molecule has 164 valence electrons. The predicted molar refractivity (Wildman–Crippen MR) is 130 cm³/mol. The summed E-state index contributed by atoms with van der Waals surface area (Å²) in [7, 11) is 0. The quantitative estimate of drug-likeness (QED) is 0.255. The lowest BCUT2D eigenvalue weighted by Crippen LogP contribution is -2.30. The van der Waals surface area contributed by atoms with E-state index >= 15 is 0 Å². The van der Waals surface area contributed by atoms with Gasteiger partial charge in [-0.25, -0.2) is 5.43 Å². The average Bonchev–Trinajstić information content (AvgIpc) is 2.73. The minimum atomic E-state index is -0.456. The number of nitro benzene ring substituents is 1. The molecule has 0 spiro atoms. The number of rotatable bonds is 7. The molecule has 0 aromatic heterocycles. The molecule has 8 nitrogen and oxygen atoms in total. The average molecular weight is 619 g/mol. The van der Waals surface area contributed by atoms with Crippen LogP contribution in [0.15, 0.2) is 48.9 Å². The molecule has 11 heteroatoms. The Morgan fingerprint density at radius 3 is 2.48 bits per heavy atom. The third-order valence-corrected chi connectivity index (χ3v) is 6.26. The molecule has 3 rings (SSSR count). The SMILES string of the molecule is O=C(COc1c(Br)cc(Br)cc1Br)N/N=C\c1cc([N+](=O)[O-])ccc1N1CCCCC1. The van der Waals surface area contributed by atoms with E-state index in [1.807, 2.05) is 0 Å². The molecule has 1 N–H and O–H groups in total. The van der Waals surface area contributed by atoms with Crippen LogP contribution in [-0.2, 0) is 4.79 Å². The normalized spacial score (nSPS) is 14.0. The Hall–Kier alpha value is -1.98. The number of carbonyl (C=O) groups is 1. The topological polar surface area (TPSA) is 97.1 Å². The van der Waals surface area contributed by atoms with Gasteiger partial charge < -0.3 is 9.64 Å². The van der Waals surface area contributed by atoms with Gasteiger partial charge in [-0.3, -0.25) is 14.9 Å². The number of halogens is 3. The van der Waals surface area contributed by atoms with Gasteiger partial charge in [0.2, 0.25) is 0 Å². The van der Waals surface area contributed by atoms with E-state index in [-0.39, 0.29) is 12.3 Å². The second-order valence-electron chi connectivity index (χ2n) is 6.83. The van der Waals surface area contributed by atoms with E-state index in [0.29, 0.717) is 20.3 Å². The summed E-state index contributed by atoms with van der Waals surface area (Å²) in [5.74, 6) is 0.0383. The first-order valence-electron chi connectivity index (χ1n) is 9.48. The minimum absolute atomic E-state index is 0.0261. The first-order valence-corrected chi connectivity index (χ1v) is 11.9. The smallest absolute Gasteiger partial charge is 0.277 e. The highest BCUT2D eigenvalue weighted by Gasteiger charge is 2.17. The van der Waals surface area contributed by atoms with Crippen molar-refractivity contribution in [2.45, 2.75) is 19.3 Å². The summed E-state index contributed by atoms with van der Waals surface area (Å²) in [6.45, 7) is 1.52. The largest absolute Gasteiger partial charge is 0.481 e. The highest BCUT2D eigenvalue weighted by molar-refractivity contribution is 9.11. The van der Waals surface area contributed by atoms with Crippen LogP contribution in [0.1, 0.15) is 24.8 Å². The van der Waals surface area contributed by atoms with E-state index in [2.05, 4.69) is 63.2 Å². The zero-order valence-electron chi connectivity index (χ0n) is 16.3. The molecule has 2 aromatic carbocycles. The lowest BCUT2D eigenvalue weighted by molar-refractivity contribution is -0.384. The molecule has 0 saturated carbocycles. The first kappa shape index (κ1) is 23.7. The zero-order chi connectivity index (χ0) is 22.4. The Kier molecular flexibility index (Phi) is 8.44. The fraction of sp³-hybridized carbons (Fsp3) is 0.300. The van der Waals surface area contributed by atoms with Gasteiger partial charge >= 0.3 is 0 Å². The summed E-state index contributed by atoms with van der Waals surface area (Å²) < 4.78 is 7.79.